The molecule has 1 fully saturated rings. The van der Waals surface area contributed by atoms with Gasteiger partial charge in [0.1, 0.15) is 5.75 Å². The van der Waals surface area contributed by atoms with Crippen LogP contribution in [0.2, 0.25) is 0 Å². The summed E-state index contributed by atoms with van der Waals surface area (Å²) in [5.74, 6) is 0.330. The first kappa shape index (κ1) is 23.0. The quantitative estimate of drug-likeness (QED) is 0.550. The van der Waals surface area contributed by atoms with Gasteiger partial charge in [0.05, 0.1) is 18.2 Å². The molecule has 4 rings (SSSR count). The van der Waals surface area contributed by atoms with Gasteiger partial charge in [0, 0.05) is 26.2 Å². The lowest BCUT2D eigenvalue weighted by molar-refractivity contribution is 0.0963. The van der Waals surface area contributed by atoms with Gasteiger partial charge < -0.3 is 9.64 Å². The Hall–Kier alpha value is -3.22. The molecule has 0 unspecified atom stereocenters. The van der Waals surface area contributed by atoms with Crippen molar-refractivity contribution in [1.82, 2.24) is 15.1 Å². The molecule has 3 aromatic rings. The highest BCUT2D eigenvalue weighted by atomic mass is 32.1. The van der Waals surface area contributed by atoms with Gasteiger partial charge in [-0.05, 0) is 42.4 Å². The molecule has 0 saturated carbocycles. The monoisotopic (exact) mass is 459 g/mol. The number of carbonyl (C=O) groups excluding carboxylic acids is 1. The van der Waals surface area contributed by atoms with Gasteiger partial charge in [0.15, 0.2) is 5.11 Å². The number of piperazine rings is 1. The lowest BCUT2D eigenvalue weighted by Gasteiger charge is -2.40. The van der Waals surface area contributed by atoms with E-state index in [-0.39, 0.29) is 11.9 Å². The Bertz CT molecular complexity index is 1030. The topological polar surface area (TPSA) is 44.8 Å². The van der Waals surface area contributed by atoms with Crippen molar-refractivity contribution < 1.29 is 9.53 Å². The summed E-state index contributed by atoms with van der Waals surface area (Å²) >= 11 is 5.58. The van der Waals surface area contributed by atoms with Crippen LogP contribution in [0.25, 0.3) is 0 Å². The van der Waals surface area contributed by atoms with E-state index in [9.17, 15) is 4.79 Å². The molecule has 33 heavy (non-hydrogen) atoms. The van der Waals surface area contributed by atoms with E-state index >= 15 is 0 Å². The van der Waals surface area contributed by atoms with Gasteiger partial charge in [-0.3, -0.25) is 15.0 Å². The predicted molar refractivity (Wildman–Crippen MR) is 136 cm³/mol. The average Bonchev–Trinajstić information content (AvgIpc) is 2.86. The number of hydrogen-bond acceptors (Lipinski definition) is 4. The molecule has 1 N–H and O–H groups in total. The summed E-state index contributed by atoms with van der Waals surface area (Å²) in [4.78, 5) is 17.4. The number of rotatable bonds is 6. The number of nitrogens with zero attached hydrogens (tertiary/aromatic N) is 2. The van der Waals surface area contributed by atoms with E-state index < -0.39 is 0 Å². The highest BCUT2D eigenvalue weighted by Crippen LogP contribution is 2.29. The van der Waals surface area contributed by atoms with Crippen LogP contribution < -0.4 is 10.1 Å². The molecule has 1 aliphatic heterocycles. The molecule has 0 bridgehead atoms. The zero-order valence-corrected chi connectivity index (χ0v) is 19.6. The maximum atomic E-state index is 12.8. The van der Waals surface area contributed by atoms with Gasteiger partial charge in [0.2, 0.25) is 0 Å². The highest BCUT2D eigenvalue weighted by Gasteiger charge is 2.27. The summed E-state index contributed by atoms with van der Waals surface area (Å²) in [6.45, 7) is 5.60. The van der Waals surface area contributed by atoms with E-state index in [2.05, 4.69) is 63.6 Å². The van der Waals surface area contributed by atoms with Gasteiger partial charge in [-0.15, -0.1) is 0 Å². The molecule has 0 aliphatic carbocycles. The van der Waals surface area contributed by atoms with Crippen LogP contribution in [0.3, 0.4) is 0 Å². The summed E-state index contributed by atoms with van der Waals surface area (Å²) in [5.41, 5.74) is 3.05. The van der Waals surface area contributed by atoms with Gasteiger partial charge >= 0.3 is 0 Å². The fourth-order valence-corrected chi connectivity index (χ4v) is 4.52. The zero-order chi connectivity index (χ0) is 23.0. The largest absolute Gasteiger partial charge is 0.493 e. The zero-order valence-electron chi connectivity index (χ0n) is 18.8. The summed E-state index contributed by atoms with van der Waals surface area (Å²) < 4.78 is 5.59. The van der Waals surface area contributed by atoms with Gasteiger partial charge in [-0.1, -0.05) is 72.8 Å². The number of amides is 1. The second-order valence-electron chi connectivity index (χ2n) is 7.94. The SMILES string of the molecule is CCOc1ccccc1C(=O)NC(=S)N1CCN(C(c2ccccc2)c2ccccc2)CC1. The lowest BCUT2D eigenvalue weighted by atomic mass is 9.96. The van der Waals surface area contributed by atoms with Gasteiger partial charge in [-0.2, -0.15) is 0 Å². The third-order valence-electron chi connectivity index (χ3n) is 5.85. The van der Waals surface area contributed by atoms with Gasteiger partial charge in [0.25, 0.3) is 5.91 Å². The smallest absolute Gasteiger partial charge is 0.261 e. The molecule has 0 atom stereocenters. The first-order chi connectivity index (χ1) is 16.2. The van der Waals surface area contributed by atoms with Crippen molar-refractivity contribution in [3.05, 3.63) is 102 Å². The van der Waals surface area contributed by atoms with Crippen molar-refractivity contribution in [1.29, 1.82) is 0 Å². The molecule has 170 valence electrons. The van der Waals surface area contributed by atoms with E-state index in [0.29, 0.717) is 23.0 Å². The van der Waals surface area contributed by atoms with Crippen LogP contribution in [-0.4, -0.2) is 53.6 Å². The molecule has 1 aliphatic rings. The number of benzene rings is 3. The molecule has 0 spiro atoms. The van der Waals surface area contributed by atoms with Crippen LogP contribution in [0.1, 0.15) is 34.5 Å². The molecular formula is C27H29N3O2S. The summed E-state index contributed by atoms with van der Waals surface area (Å²) in [5, 5.41) is 3.35. The molecule has 1 saturated heterocycles. The number of thiocarbonyl (C=S) groups is 1. The Labute approximate surface area is 201 Å². The second kappa shape index (κ2) is 11.1. The minimum absolute atomic E-state index is 0.191. The van der Waals surface area contributed by atoms with Crippen LogP contribution in [0, 0.1) is 0 Å². The molecule has 6 heteroatoms. The van der Waals surface area contributed by atoms with Crippen molar-refractivity contribution in [2.24, 2.45) is 0 Å². The Kier molecular flexibility index (Phi) is 7.70. The molecule has 0 radical (unpaired) electrons. The van der Waals surface area contributed by atoms with Crippen LogP contribution in [0.5, 0.6) is 5.75 Å². The van der Waals surface area contributed by atoms with Crippen molar-refractivity contribution in [3.8, 4) is 5.75 Å². The Morgan fingerprint density at radius 2 is 1.42 bits per heavy atom. The summed E-state index contributed by atoms with van der Waals surface area (Å²) in [6.07, 6.45) is 0. The predicted octanol–water partition coefficient (Wildman–Crippen LogP) is 4.51. The van der Waals surface area contributed by atoms with E-state index in [0.717, 1.165) is 26.2 Å². The summed E-state index contributed by atoms with van der Waals surface area (Å²) in [6, 6.07) is 28.6. The molecular weight excluding hydrogens is 430 g/mol. The molecule has 1 heterocycles. The third kappa shape index (κ3) is 5.59. The minimum atomic E-state index is -0.238. The Morgan fingerprint density at radius 3 is 2.00 bits per heavy atom. The summed E-state index contributed by atoms with van der Waals surface area (Å²) in [7, 11) is 0. The number of ether oxygens (including phenoxy) is 1. The van der Waals surface area contributed by atoms with Crippen molar-refractivity contribution in [2.75, 3.05) is 32.8 Å². The van der Waals surface area contributed by atoms with E-state index in [4.69, 9.17) is 17.0 Å². The fraction of sp³-hybridized carbons (Fsp3) is 0.259. The Morgan fingerprint density at radius 1 is 0.879 bits per heavy atom. The van der Waals surface area contributed by atoms with Crippen LogP contribution in [0.15, 0.2) is 84.9 Å². The molecule has 5 nitrogen and oxygen atoms in total. The minimum Gasteiger partial charge on any atom is -0.493 e. The highest BCUT2D eigenvalue weighted by molar-refractivity contribution is 7.80. The standard InChI is InChI=1S/C27H29N3O2S/c1-2-32-24-16-10-9-15-23(24)26(31)28-27(33)30-19-17-29(18-20-30)25(21-11-5-3-6-12-21)22-13-7-4-8-14-22/h3-16,25H,2,17-20H2,1H3,(H,28,31,33). The fourth-order valence-electron chi connectivity index (χ4n) is 4.25. The van der Waals surface area contributed by atoms with E-state index in [1.54, 1.807) is 12.1 Å². The number of para-hydroxylation sites is 1. The van der Waals surface area contributed by atoms with Crippen LogP contribution in [0.4, 0.5) is 0 Å². The second-order valence-corrected chi connectivity index (χ2v) is 8.32. The molecule has 0 aromatic heterocycles. The molecule has 1 amide bonds. The number of hydrogen-bond donors (Lipinski definition) is 1. The van der Waals surface area contributed by atoms with Crippen LogP contribution >= 0.6 is 12.2 Å². The number of carbonyl (C=O) groups is 1. The van der Waals surface area contributed by atoms with Crippen molar-refractivity contribution in [3.63, 3.8) is 0 Å². The van der Waals surface area contributed by atoms with Crippen molar-refractivity contribution in [2.45, 2.75) is 13.0 Å². The van der Waals surface area contributed by atoms with Crippen molar-refractivity contribution >= 4 is 23.2 Å². The third-order valence-corrected chi connectivity index (χ3v) is 6.21. The molecule has 3 aromatic carbocycles. The van der Waals surface area contributed by atoms with E-state index in [1.165, 1.54) is 11.1 Å². The first-order valence-corrected chi connectivity index (χ1v) is 11.7. The van der Waals surface area contributed by atoms with Gasteiger partial charge in [-0.25, -0.2) is 0 Å². The first-order valence-electron chi connectivity index (χ1n) is 11.3. The average molecular weight is 460 g/mol. The van der Waals surface area contributed by atoms with Crippen LogP contribution in [-0.2, 0) is 0 Å². The maximum Gasteiger partial charge on any atom is 0.261 e. The van der Waals surface area contributed by atoms with E-state index in [1.807, 2.05) is 31.2 Å². The number of nitrogens with one attached hydrogen (secondary N) is 1. The Balaban J connectivity index is 1.41. The maximum absolute atomic E-state index is 12.8. The normalized spacial score (nSPS) is 14.2. The lowest BCUT2D eigenvalue weighted by Crippen LogP contribution is -2.53.